The monoisotopic (exact) mass is 459 g/mol. The first kappa shape index (κ1) is 23.9. The van der Waals surface area contributed by atoms with Gasteiger partial charge in [0.25, 0.3) is 0 Å². The number of amides is 3. The number of hydrogen-bond acceptors (Lipinski definition) is 5. The molecule has 1 aliphatic rings. The molecule has 0 saturated carbocycles. The Labute approximate surface area is 194 Å². The van der Waals surface area contributed by atoms with Gasteiger partial charge in [0.2, 0.25) is 12.7 Å². The lowest BCUT2D eigenvalue weighted by Gasteiger charge is -2.29. The molecule has 0 radical (unpaired) electrons. The maximum absolute atomic E-state index is 13.4. The van der Waals surface area contributed by atoms with Gasteiger partial charge in [-0.1, -0.05) is 39.3 Å². The Bertz CT molecular complexity index is 885. The second-order valence-electron chi connectivity index (χ2n) is 8.38. The van der Waals surface area contributed by atoms with Gasteiger partial charge in [-0.2, -0.15) is 0 Å². The molecule has 0 spiro atoms. The summed E-state index contributed by atoms with van der Waals surface area (Å²) in [5.74, 6) is 1.60. The van der Waals surface area contributed by atoms with Crippen LogP contribution in [0.3, 0.4) is 0 Å². The maximum atomic E-state index is 13.4. The zero-order chi connectivity index (χ0) is 22.9. The smallest absolute Gasteiger partial charge is 0.317 e. The molecule has 1 aromatic carbocycles. The molecule has 7 nitrogen and oxygen atoms in total. The van der Waals surface area contributed by atoms with Crippen LogP contribution in [0, 0.1) is 5.92 Å². The zero-order valence-corrected chi connectivity index (χ0v) is 20.0. The van der Waals surface area contributed by atoms with Crippen molar-refractivity contribution in [2.45, 2.75) is 46.7 Å². The topological polar surface area (TPSA) is 71.1 Å². The Morgan fingerprint density at radius 2 is 1.94 bits per heavy atom. The minimum atomic E-state index is -0.181. The molecule has 0 atom stereocenters. The molecule has 0 fully saturated rings. The Morgan fingerprint density at radius 3 is 2.66 bits per heavy atom. The van der Waals surface area contributed by atoms with Crippen LogP contribution in [0.4, 0.5) is 4.79 Å². The Hall–Kier alpha value is -2.74. The fourth-order valence-electron chi connectivity index (χ4n) is 3.49. The van der Waals surface area contributed by atoms with Crippen LogP contribution in [0.2, 0.25) is 0 Å². The maximum Gasteiger partial charge on any atom is 0.317 e. The Kier molecular flexibility index (Phi) is 8.79. The van der Waals surface area contributed by atoms with Crippen molar-refractivity contribution in [3.05, 3.63) is 46.2 Å². The Morgan fingerprint density at radius 1 is 1.12 bits per heavy atom. The Balaban J connectivity index is 1.73. The molecule has 0 unspecified atom stereocenters. The summed E-state index contributed by atoms with van der Waals surface area (Å²) < 4.78 is 10.9. The van der Waals surface area contributed by atoms with Crippen molar-refractivity contribution < 1.29 is 19.1 Å². The molecule has 8 heteroatoms. The van der Waals surface area contributed by atoms with Crippen molar-refractivity contribution in [2.75, 3.05) is 26.4 Å². The molecule has 1 aliphatic heterocycles. The van der Waals surface area contributed by atoms with E-state index < -0.39 is 0 Å². The number of nitrogens with zero attached hydrogens (tertiary/aromatic N) is 2. The minimum absolute atomic E-state index is 0.0477. The number of fused-ring (bicyclic) bond motifs is 1. The van der Waals surface area contributed by atoms with E-state index in [0.717, 1.165) is 29.0 Å². The van der Waals surface area contributed by atoms with Gasteiger partial charge < -0.3 is 24.6 Å². The lowest BCUT2D eigenvalue weighted by molar-refractivity contribution is -0.133. The molecular weight excluding hydrogens is 426 g/mol. The SMILES string of the molecule is CCCCNC(=O)N(CC(=O)N(Cc1ccc2c(c1)OCO2)Cc1cccs1)CC(C)C. The van der Waals surface area contributed by atoms with Gasteiger partial charge in [0, 0.05) is 24.5 Å². The summed E-state index contributed by atoms with van der Waals surface area (Å²) in [4.78, 5) is 30.6. The third-order valence-electron chi connectivity index (χ3n) is 5.10. The highest BCUT2D eigenvalue weighted by molar-refractivity contribution is 7.09. The van der Waals surface area contributed by atoms with Gasteiger partial charge in [0.15, 0.2) is 11.5 Å². The summed E-state index contributed by atoms with van der Waals surface area (Å²) in [6, 6.07) is 9.56. The van der Waals surface area contributed by atoms with Gasteiger partial charge in [0.1, 0.15) is 6.54 Å². The fraction of sp³-hybridized carbons (Fsp3) is 0.500. The molecule has 3 rings (SSSR count). The van der Waals surface area contributed by atoms with E-state index in [-0.39, 0.29) is 31.2 Å². The molecule has 174 valence electrons. The molecule has 2 heterocycles. The highest BCUT2D eigenvalue weighted by Crippen LogP contribution is 2.33. The van der Waals surface area contributed by atoms with Crippen molar-refractivity contribution in [3.63, 3.8) is 0 Å². The molecule has 3 amide bonds. The van der Waals surface area contributed by atoms with Crippen molar-refractivity contribution in [1.29, 1.82) is 0 Å². The van der Waals surface area contributed by atoms with Gasteiger partial charge in [-0.3, -0.25) is 4.79 Å². The summed E-state index contributed by atoms with van der Waals surface area (Å²) in [5, 5.41) is 4.95. The summed E-state index contributed by atoms with van der Waals surface area (Å²) in [7, 11) is 0. The van der Waals surface area contributed by atoms with E-state index in [2.05, 4.69) is 12.2 Å². The summed E-state index contributed by atoms with van der Waals surface area (Å²) in [5.41, 5.74) is 0.960. The average molecular weight is 460 g/mol. The molecular formula is C24H33N3O4S. The summed E-state index contributed by atoms with van der Waals surface area (Å²) in [6.07, 6.45) is 1.93. The van der Waals surface area contributed by atoms with Crippen LogP contribution >= 0.6 is 11.3 Å². The van der Waals surface area contributed by atoms with Crippen LogP contribution in [-0.4, -0.2) is 48.2 Å². The van der Waals surface area contributed by atoms with E-state index in [0.29, 0.717) is 31.9 Å². The first-order chi connectivity index (χ1) is 15.5. The highest BCUT2D eigenvalue weighted by Gasteiger charge is 2.23. The predicted octanol–water partition coefficient (Wildman–Crippen LogP) is 4.47. The van der Waals surface area contributed by atoms with Gasteiger partial charge in [-0.25, -0.2) is 4.79 Å². The second-order valence-corrected chi connectivity index (χ2v) is 9.41. The van der Waals surface area contributed by atoms with E-state index in [9.17, 15) is 9.59 Å². The molecule has 1 aromatic heterocycles. The predicted molar refractivity (Wildman–Crippen MR) is 126 cm³/mol. The molecule has 0 saturated heterocycles. The summed E-state index contributed by atoms with van der Waals surface area (Å²) in [6.45, 7) is 8.52. The van der Waals surface area contributed by atoms with Crippen LogP contribution in [-0.2, 0) is 17.9 Å². The first-order valence-electron chi connectivity index (χ1n) is 11.2. The van der Waals surface area contributed by atoms with E-state index in [1.54, 1.807) is 21.1 Å². The number of rotatable bonds is 11. The zero-order valence-electron chi connectivity index (χ0n) is 19.1. The number of unbranched alkanes of at least 4 members (excludes halogenated alkanes) is 1. The minimum Gasteiger partial charge on any atom is -0.454 e. The number of carbonyl (C=O) groups excluding carboxylic acids is 2. The van der Waals surface area contributed by atoms with E-state index >= 15 is 0 Å². The van der Waals surface area contributed by atoms with Gasteiger partial charge >= 0.3 is 6.03 Å². The van der Waals surface area contributed by atoms with Crippen LogP contribution in [0.15, 0.2) is 35.7 Å². The molecule has 0 bridgehead atoms. The number of nitrogens with one attached hydrogen (secondary N) is 1. The fourth-order valence-corrected chi connectivity index (χ4v) is 4.21. The van der Waals surface area contributed by atoms with Crippen LogP contribution in [0.5, 0.6) is 11.5 Å². The largest absolute Gasteiger partial charge is 0.454 e. The third-order valence-corrected chi connectivity index (χ3v) is 5.96. The normalized spacial score (nSPS) is 12.1. The second kappa shape index (κ2) is 11.8. The standard InChI is InChI=1S/C24H33N3O4S/c1-4-5-10-25-24(29)27(13-18(2)3)16-23(28)26(15-20-7-6-11-32-20)14-19-8-9-21-22(12-19)31-17-30-21/h6-9,11-12,18H,4-5,10,13-17H2,1-3H3,(H,25,29). The van der Waals surface area contributed by atoms with Crippen molar-refractivity contribution in [2.24, 2.45) is 5.92 Å². The number of benzene rings is 1. The van der Waals surface area contributed by atoms with Gasteiger partial charge in [-0.05, 0) is 41.5 Å². The number of thiophene rings is 1. The van der Waals surface area contributed by atoms with Crippen molar-refractivity contribution in [1.82, 2.24) is 15.1 Å². The third kappa shape index (κ3) is 6.88. The lowest BCUT2D eigenvalue weighted by atomic mass is 10.1. The molecule has 0 aliphatic carbocycles. The van der Waals surface area contributed by atoms with Crippen LogP contribution in [0.1, 0.15) is 44.1 Å². The number of ether oxygens (including phenoxy) is 2. The van der Waals surface area contributed by atoms with Crippen molar-refractivity contribution in [3.8, 4) is 11.5 Å². The number of hydrogen-bond donors (Lipinski definition) is 1. The van der Waals surface area contributed by atoms with Crippen LogP contribution < -0.4 is 14.8 Å². The van der Waals surface area contributed by atoms with E-state index in [4.69, 9.17) is 9.47 Å². The lowest BCUT2D eigenvalue weighted by Crippen LogP contribution is -2.47. The highest BCUT2D eigenvalue weighted by atomic mass is 32.1. The van der Waals surface area contributed by atoms with E-state index in [1.165, 1.54) is 0 Å². The molecule has 32 heavy (non-hydrogen) atoms. The van der Waals surface area contributed by atoms with Gasteiger partial charge in [-0.15, -0.1) is 11.3 Å². The average Bonchev–Trinajstić information content (AvgIpc) is 3.44. The van der Waals surface area contributed by atoms with E-state index in [1.807, 2.05) is 49.6 Å². The van der Waals surface area contributed by atoms with Crippen molar-refractivity contribution >= 4 is 23.3 Å². The number of urea groups is 1. The van der Waals surface area contributed by atoms with Gasteiger partial charge in [0.05, 0.1) is 6.54 Å². The molecule has 1 N–H and O–H groups in total. The quantitative estimate of drug-likeness (QED) is 0.503. The number of carbonyl (C=O) groups is 2. The first-order valence-corrected chi connectivity index (χ1v) is 12.1. The molecule has 2 aromatic rings. The van der Waals surface area contributed by atoms with Crippen LogP contribution in [0.25, 0.3) is 0 Å². The summed E-state index contributed by atoms with van der Waals surface area (Å²) >= 11 is 1.62.